The van der Waals surface area contributed by atoms with Crippen LogP contribution in [0.25, 0.3) is 0 Å². The highest BCUT2D eigenvalue weighted by Gasteiger charge is 2.45. The van der Waals surface area contributed by atoms with Crippen molar-refractivity contribution >= 4 is 24.1 Å². The van der Waals surface area contributed by atoms with E-state index in [0.717, 1.165) is 5.56 Å². The summed E-state index contributed by atoms with van der Waals surface area (Å²) in [4.78, 5) is 54.3. The number of piperazine rings is 1. The molecule has 0 saturated carbocycles. The van der Waals surface area contributed by atoms with Gasteiger partial charge in [-0.15, -0.1) is 0 Å². The Morgan fingerprint density at radius 1 is 1.06 bits per heavy atom. The van der Waals surface area contributed by atoms with Crippen LogP contribution >= 0.6 is 0 Å². The third-order valence-corrected chi connectivity index (χ3v) is 5.68. The summed E-state index contributed by atoms with van der Waals surface area (Å²) in [6, 6.07) is 6.81. The maximum absolute atomic E-state index is 13.5. The second-order valence-electron chi connectivity index (χ2n) is 9.53. The van der Waals surface area contributed by atoms with Gasteiger partial charge in [-0.2, -0.15) is 0 Å². The van der Waals surface area contributed by atoms with Gasteiger partial charge in [0.25, 0.3) is 0 Å². The lowest BCUT2D eigenvalue weighted by atomic mass is 9.97. The number of methoxy groups -OCH3 is 1. The molecule has 3 rings (SSSR count). The zero-order chi connectivity index (χ0) is 25.6. The molecule has 1 aromatic carbocycles. The first-order valence-electron chi connectivity index (χ1n) is 11.6. The van der Waals surface area contributed by atoms with Gasteiger partial charge in [-0.25, -0.2) is 14.4 Å². The lowest BCUT2D eigenvalue weighted by Gasteiger charge is -2.46. The van der Waals surface area contributed by atoms with E-state index >= 15 is 0 Å². The fourth-order valence-electron chi connectivity index (χ4n) is 4.11. The van der Waals surface area contributed by atoms with E-state index in [1.807, 2.05) is 36.4 Å². The molecule has 10 heteroatoms. The number of ether oxygens (including phenoxy) is 3. The van der Waals surface area contributed by atoms with Gasteiger partial charge in [0.15, 0.2) is 0 Å². The Bertz CT molecular complexity index is 958. The van der Waals surface area contributed by atoms with Crippen LogP contribution in [-0.2, 0) is 30.4 Å². The standard InChI is InChI=1S/C25H33N3O7/c1-25(2,3)35-23(31)26-19-13-9-8-12-18-14-27(15-20(22(30)33-4)28(18)21(19)29)24(32)34-16-17-10-6-5-7-11-17/h5-11,18-20H,12-16H2,1-4H3,(H,26,31)/t18-,19-,20-/m0/s1. The maximum Gasteiger partial charge on any atom is 0.410 e. The SMILES string of the molecule is COC(=O)[C@@H]1CN(C(=O)OCc2ccccc2)C[C@@H]2CC=CC[C@H](NC(=O)OC(C)(C)C)C(=O)N21. The third kappa shape index (κ3) is 6.97. The smallest absolute Gasteiger partial charge is 0.410 e. The van der Waals surface area contributed by atoms with Gasteiger partial charge in [0.2, 0.25) is 5.91 Å². The van der Waals surface area contributed by atoms with E-state index in [1.165, 1.54) is 16.9 Å². The molecule has 0 aromatic heterocycles. The second-order valence-corrected chi connectivity index (χ2v) is 9.53. The van der Waals surface area contributed by atoms with Gasteiger partial charge in [-0.05, 0) is 39.2 Å². The van der Waals surface area contributed by atoms with Crippen molar-refractivity contribution in [3.8, 4) is 0 Å². The van der Waals surface area contributed by atoms with E-state index < -0.39 is 47.8 Å². The van der Waals surface area contributed by atoms with Crippen LogP contribution in [0.5, 0.6) is 0 Å². The van der Waals surface area contributed by atoms with E-state index in [-0.39, 0.29) is 26.1 Å². The van der Waals surface area contributed by atoms with Gasteiger partial charge < -0.3 is 29.3 Å². The Morgan fingerprint density at radius 2 is 1.74 bits per heavy atom. The molecule has 0 bridgehead atoms. The van der Waals surface area contributed by atoms with Crippen LogP contribution in [0.3, 0.4) is 0 Å². The van der Waals surface area contributed by atoms with E-state index in [9.17, 15) is 19.2 Å². The van der Waals surface area contributed by atoms with Crippen LogP contribution in [-0.4, -0.2) is 77.8 Å². The highest BCUT2D eigenvalue weighted by Crippen LogP contribution is 2.25. The van der Waals surface area contributed by atoms with Crippen molar-refractivity contribution < 1.29 is 33.4 Å². The number of carbonyl (C=O) groups is 4. The van der Waals surface area contributed by atoms with E-state index in [2.05, 4.69) is 5.32 Å². The molecule has 35 heavy (non-hydrogen) atoms. The quantitative estimate of drug-likeness (QED) is 0.394. The van der Waals surface area contributed by atoms with Gasteiger partial charge >= 0.3 is 18.2 Å². The summed E-state index contributed by atoms with van der Waals surface area (Å²) in [5.74, 6) is -1.08. The molecule has 0 radical (unpaired) electrons. The lowest BCUT2D eigenvalue weighted by Crippen LogP contribution is -2.67. The van der Waals surface area contributed by atoms with Crippen LogP contribution in [0.4, 0.5) is 9.59 Å². The van der Waals surface area contributed by atoms with E-state index in [4.69, 9.17) is 14.2 Å². The Kier molecular flexibility index (Phi) is 8.37. The van der Waals surface area contributed by atoms with Crippen LogP contribution in [0, 0.1) is 0 Å². The van der Waals surface area contributed by atoms with Crippen LogP contribution < -0.4 is 5.32 Å². The molecule has 1 fully saturated rings. The molecule has 2 aliphatic heterocycles. The van der Waals surface area contributed by atoms with Crippen LogP contribution in [0.15, 0.2) is 42.5 Å². The fourth-order valence-corrected chi connectivity index (χ4v) is 4.11. The van der Waals surface area contributed by atoms with Crippen molar-refractivity contribution in [3.05, 3.63) is 48.0 Å². The Hall–Kier alpha value is -3.56. The lowest BCUT2D eigenvalue weighted by molar-refractivity contribution is -0.160. The summed E-state index contributed by atoms with van der Waals surface area (Å²) in [6.45, 7) is 5.37. The Labute approximate surface area is 205 Å². The fraction of sp³-hybridized carbons (Fsp3) is 0.520. The molecule has 10 nitrogen and oxygen atoms in total. The van der Waals surface area contributed by atoms with Crippen molar-refractivity contribution in [2.45, 2.75) is 63.9 Å². The van der Waals surface area contributed by atoms with Gasteiger partial charge in [-0.1, -0.05) is 42.5 Å². The monoisotopic (exact) mass is 487 g/mol. The number of benzene rings is 1. The van der Waals surface area contributed by atoms with Gasteiger partial charge in [0.1, 0.15) is 24.3 Å². The van der Waals surface area contributed by atoms with Crippen molar-refractivity contribution in [3.63, 3.8) is 0 Å². The van der Waals surface area contributed by atoms with Crippen LogP contribution in [0.1, 0.15) is 39.2 Å². The van der Waals surface area contributed by atoms with Crippen molar-refractivity contribution in [2.75, 3.05) is 20.2 Å². The number of nitrogens with zero attached hydrogens (tertiary/aromatic N) is 2. The van der Waals surface area contributed by atoms with Crippen molar-refractivity contribution in [1.29, 1.82) is 0 Å². The first-order chi connectivity index (χ1) is 16.6. The second kappa shape index (κ2) is 11.2. The number of hydrogen-bond acceptors (Lipinski definition) is 7. The summed E-state index contributed by atoms with van der Waals surface area (Å²) < 4.78 is 15.7. The predicted molar refractivity (Wildman–Crippen MR) is 126 cm³/mol. The Morgan fingerprint density at radius 3 is 2.40 bits per heavy atom. The molecule has 0 spiro atoms. The number of amides is 3. The largest absolute Gasteiger partial charge is 0.467 e. The van der Waals surface area contributed by atoms with E-state index in [1.54, 1.807) is 26.8 Å². The summed E-state index contributed by atoms with van der Waals surface area (Å²) in [6.07, 6.45) is 3.06. The number of fused-ring (bicyclic) bond motifs is 1. The number of nitrogens with one attached hydrogen (secondary N) is 1. The molecule has 3 amide bonds. The minimum absolute atomic E-state index is 0.0780. The number of rotatable bonds is 4. The molecule has 3 atom stereocenters. The summed E-state index contributed by atoms with van der Waals surface area (Å²) in [7, 11) is 1.23. The normalized spacial score (nSPS) is 22.4. The summed E-state index contributed by atoms with van der Waals surface area (Å²) >= 11 is 0. The highest BCUT2D eigenvalue weighted by molar-refractivity contribution is 5.91. The molecule has 1 saturated heterocycles. The van der Waals surface area contributed by atoms with E-state index in [0.29, 0.717) is 6.42 Å². The number of hydrogen-bond donors (Lipinski definition) is 1. The molecule has 1 N–H and O–H groups in total. The first-order valence-corrected chi connectivity index (χ1v) is 11.6. The average Bonchev–Trinajstić information content (AvgIpc) is 2.81. The topological polar surface area (TPSA) is 114 Å². The predicted octanol–water partition coefficient (Wildman–Crippen LogP) is 2.62. The highest BCUT2D eigenvalue weighted by atomic mass is 16.6. The number of esters is 1. The number of carbonyl (C=O) groups excluding carboxylic acids is 4. The molecule has 0 unspecified atom stereocenters. The molecular weight excluding hydrogens is 454 g/mol. The summed E-state index contributed by atoms with van der Waals surface area (Å²) in [5, 5.41) is 2.61. The zero-order valence-corrected chi connectivity index (χ0v) is 20.6. The molecule has 0 aliphatic carbocycles. The maximum atomic E-state index is 13.5. The minimum Gasteiger partial charge on any atom is -0.467 e. The van der Waals surface area contributed by atoms with Gasteiger partial charge in [-0.3, -0.25) is 4.79 Å². The minimum atomic E-state index is -1.04. The molecular formula is C25H33N3O7. The average molecular weight is 488 g/mol. The van der Waals surface area contributed by atoms with Crippen molar-refractivity contribution in [1.82, 2.24) is 15.1 Å². The molecule has 2 heterocycles. The third-order valence-electron chi connectivity index (χ3n) is 5.68. The molecule has 190 valence electrons. The van der Waals surface area contributed by atoms with Crippen LogP contribution in [0.2, 0.25) is 0 Å². The van der Waals surface area contributed by atoms with Crippen molar-refractivity contribution in [2.24, 2.45) is 0 Å². The Balaban J connectivity index is 1.77. The molecule has 1 aromatic rings. The van der Waals surface area contributed by atoms with Gasteiger partial charge in [0, 0.05) is 6.54 Å². The number of alkyl carbamates (subject to hydrolysis) is 1. The summed E-state index contributed by atoms with van der Waals surface area (Å²) in [5.41, 5.74) is 0.108. The first kappa shape index (κ1) is 26.1. The molecule has 2 aliphatic rings. The zero-order valence-electron chi connectivity index (χ0n) is 20.6. The van der Waals surface area contributed by atoms with Gasteiger partial charge in [0.05, 0.1) is 19.7 Å².